The molecule has 6 heteroatoms. The molecule has 0 N–H and O–H groups in total. The second-order valence-corrected chi connectivity index (χ2v) is 6.95. The van der Waals surface area contributed by atoms with E-state index >= 15 is 0 Å². The molecule has 1 fully saturated rings. The van der Waals surface area contributed by atoms with Gasteiger partial charge in [-0.25, -0.2) is 0 Å². The van der Waals surface area contributed by atoms with Gasteiger partial charge in [-0.05, 0) is 56.0 Å². The summed E-state index contributed by atoms with van der Waals surface area (Å²) >= 11 is 0. The van der Waals surface area contributed by atoms with Crippen LogP contribution in [-0.4, -0.2) is 42.2 Å². The Hall–Kier alpha value is -2.76. The Morgan fingerprint density at radius 1 is 1.19 bits per heavy atom. The first-order valence-corrected chi connectivity index (χ1v) is 9.18. The Morgan fingerprint density at radius 3 is 2.52 bits per heavy atom. The standard InChI is InChI=1S/C21H26N2O4/c1-14-7-10-22(20(24)19(14)21(25)23-12-8-15(23)2)11-9-16-5-6-17(26-3)18(13-16)27-4/h5-7,10,13,15H,8-9,11-12H2,1-4H3. The number of methoxy groups -OCH3 is 2. The summed E-state index contributed by atoms with van der Waals surface area (Å²) in [6, 6.07) is 7.76. The molecule has 1 aromatic carbocycles. The summed E-state index contributed by atoms with van der Waals surface area (Å²) < 4.78 is 12.2. The molecule has 1 atom stereocenters. The largest absolute Gasteiger partial charge is 0.493 e. The van der Waals surface area contributed by atoms with Crippen LogP contribution >= 0.6 is 0 Å². The average Bonchev–Trinajstić information content (AvgIpc) is 2.65. The highest BCUT2D eigenvalue weighted by molar-refractivity contribution is 5.95. The van der Waals surface area contributed by atoms with E-state index in [2.05, 4.69) is 0 Å². The number of likely N-dealkylation sites (tertiary alicyclic amines) is 1. The number of hydrogen-bond acceptors (Lipinski definition) is 4. The van der Waals surface area contributed by atoms with Crippen LogP contribution in [0.15, 0.2) is 35.3 Å². The number of amides is 1. The number of carbonyl (C=O) groups excluding carboxylic acids is 1. The van der Waals surface area contributed by atoms with Crippen molar-refractivity contribution >= 4 is 5.91 Å². The summed E-state index contributed by atoms with van der Waals surface area (Å²) in [5, 5.41) is 0. The monoisotopic (exact) mass is 370 g/mol. The minimum Gasteiger partial charge on any atom is -0.493 e. The highest BCUT2D eigenvalue weighted by atomic mass is 16.5. The van der Waals surface area contributed by atoms with E-state index in [-0.39, 0.29) is 23.1 Å². The van der Waals surface area contributed by atoms with Crippen molar-refractivity contribution in [3.63, 3.8) is 0 Å². The lowest BCUT2D eigenvalue weighted by Crippen LogP contribution is -2.51. The van der Waals surface area contributed by atoms with Gasteiger partial charge >= 0.3 is 0 Å². The summed E-state index contributed by atoms with van der Waals surface area (Å²) in [5.41, 5.74) is 1.83. The Balaban J connectivity index is 1.81. The summed E-state index contributed by atoms with van der Waals surface area (Å²) in [4.78, 5) is 27.4. The van der Waals surface area contributed by atoms with Crippen molar-refractivity contribution in [2.24, 2.45) is 0 Å². The van der Waals surface area contributed by atoms with Gasteiger partial charge in [0.1, 0.15) is 5.56 Å². The first kappa shape index (κ1) is 19.0. The van der Waals surface area contributed by atoms with E-state index < -0.39 is 0 Å². The molecule has 1 saturated heterocycles. The number of benzene rings is 1. The lowest BCUT2D eigenvalue weighted by atomic mass is 10.0. The van der Waals surface area contributed by atoms with Crippen LogP contribution < -0.4 is 15.0 Å². The van der Waals surface area contributed by atoms with Gasteiger partial charge in [0.05, 0.1) is 14.2 Å². The van der Waals surface area contributed by atoms with Crippen molar-refractivity contribution in [3.05, 3.63) is 57.5 Å². The van der Waals surface area contributed by atoms with Gasteiger partial charge in [-0.3, -0.25) is 9.59 Å². The Kier molecular flexibility index (Phi) is 5.54. The number of ether oxygens (including phenoxy) is 2. The van der Waals surface area contributed by atoms with Gasteiger partial charge in [0, 0.05) is 25.3 Å². The van der Waals surface area contributed by atoms with Gasteiger partial charge in [0.25, 0.3) is 11.5 Å². The van der Waals surface area contributed by atoms with Crippen molar-refractivity contribution in [1.82, 2.24) is 9.47 Å². The number of hydrogen-bond donors (Lipinski definition) is 0. The zero-order chi connectivity index (χ0) is 19.6. The third-order valence-electron chi connectivity index (χ3n) is 5.26. The average molecular weight is 370 g/mol. The fourth-order valence-corrected chi connectivity index (χ4v) is 3.35. The van der Waals surface area contributed by atoms with Crippen LogP contribution in [-0.2, 0) is 13.0 Å². The quantitative estimate of drug-likeness (QED) is 0.784. The lowest BCUT2D eigenvalue weighted by molar-refractivity contribution is 0.0499. The lowest BCUT2D eigenvalue weighted by Gasteiger charge is -2.38. The summed E-state index contributed by atoms with van der Waals surface area (Å²) in [5.74, 6) is 1.18. The normalized spacial score (nSPS) is 16.0. The molecule has 2 heterocycles. The molecule has 27 heavy (non-hydrogen) atoms. The van der Waals surface area contributed by atoms with Crippen molar-refractivity contribution in [2.45, 2.75) is 39.3 Å². The van der Waals surface area contributed by atoms with Gasteiger partial charge in [-0.1, -0.05) is 6.07 Å². The first-order valence-electron chi connectivity index (χ1n) is 9.18. The van der Waals surface area contributed by atoms with E-state index in [0.717, 1.165) is 24.1 Å². The van der Waals surface area contributed by atoms with E-state index in [9.17, 15) is 9.59 Å². The number of aromatic nitrogens is 1. The summed E-state index contributed by atoms with van der Waals surface area (Å²) in [6.45, 7) is 5.04. The van der Waals surface area contributed by atoms with E-state index in [4.69, 9.17) is 9.47 Å². The minimum atomic E-state index is -0.223. The fraction of sp³-hybridized carbons (Fsp3) is 0.429. The van der Waals surface area contributed by atoms with Crippen LogP contribution in [0.25, 0.3) is 0 Å². The molecule has 144 valence electrons. The number of aryl methyl sites for hydroxylation is 3. The molecule has 2 aromatic rings. The maximum atomic E-state index is 12.9. The van der Waals surface area contributed by atoms with Crippen molar-refractivity contribution in [2.75, 3.05) is 20.8 Å². The third-order valence-corrected chi connectivity index (χ3v) is 5.26. The number of rotatable bonds is 6. The molecule has 1 unspecified atom stereocenters. The summed E-state index contributed by atoms with van der Waals surface area (Å²) in [7, 11) is 3.20. The molecule has 0 radical (unpaired) electrons. The zero-order valence-electron chi connectivity index (χ0n) is 16.3. The number of pyridine rings is 1. The predicted molar refractivity (Wildman–Crippen MR) is 104 cm³/mol. The SMILES string of the molecule is COc1ccc(CCn2ccc(C)c(C(=O)N3CCC3C)c2=O)cc1OC. The molecule has 6 nitrogen and oxygen atoms in total. The molecule has 1 aromatic heterocycles. The molecule has 0 saturated carbocycles. The van der Waals surface area contributed by atoms with Gasteiger partial charge in [0.2, 0.25) is 0 Å². The number of nitrogens with zero attached hydrogens (tertiary/aromatic N) is 2. The Bertz CT molecular complexity index is 904. The van der Waals surface area contributed by atoms with Gasteiger partial charge in [-0.2, -0.15) is 0 Å². The van der Waals surface area contributed by atoms with Gasteiger partial charge < -0.3 is 18.9 Å². The van der Waals surface area contributed by atoms with E-state index in [1.807, 2.05) is 38.1 Å². The van der Waals surface area contributed by atoms with E-state index in [1.165, 1.54) is 0 Å². The number of carbonyl (C=O) groups is 1. The molecule has 0 bridgehead atoms. The maximum Gasteiger partial charge on any atom is 0.263 e. The van der Waals surface area contributed by atoms with Crippen LogP contribution in [0.3, 0.4) is 0 Å². The third kappa shape index (κ3) is 3.70. The van der Waals surface area contributed by atoms with Gasteiger partial charge in [-0.15, -0.1) is 0 Å². The van der Waals surface area contributed by atoms with Gasteiger partial charge in [0.15, 0.2) is 11.5 Å². The second-order valence-electron chi connectivity index (χ2n) is 6.95. The zero-order valence-corrected chi connectivity index (χ0v) is 16.3. The molecule has 1 amide bonds. The molecule has 0 aliphatic carbocycles. The maximum absolute atomic E-state index is 12.9. The molecule has 1 aliphatic rings. The Morgan fingerprint density at radius 2 is 1.93 bits per heavy atom. The highest BCUT2D eigenvalue weighted by Gasteiger charge is 2.31. The molecular formula is C21H26N2O4. The van der Waals surface area contributed by atoms with Crippen LogP contribution in [0.4, 0.5) is 0 Å². The molecular weight excluding hydrogens is 344 g/mol. The van der Waals surface area contributed by atoms with Crippen LogP contribution in [0.1, 0.15) is 34.8 Å². The van der Waals surface area contributed by atoms with Crippen molar-refractivity contribution in [1.29, 1.82) is 0 Å². The van der Waals surface area contributed by atoms with Crippen molar-refractivity contribution in [3.8, 4) is 11.5 Å². The molecule has 3 rings (SSSR count). The van der Waals surface area contributed by atoms with Crippen LogP contribution in [0.5, 0.6) is 11.5 Å². The van der Waals surface area contributed by atoms with E-state index in [1.54, 1.807) is 29.9 Å². The van der Waals surface area contributed by atoms with E-state index in [0.29, 0.717) is 24.5 Å². The smallest absolute Gasteiger partial charge is 0.263 e. The van der Waals surface area contributed by atoms with Crippen LogP contribution in [0, 0.1) is 6.92 Å². The second kappa shape index (κ2) is 7.86. The molecule has 1 aliphatic heterocycles. The topological polar surface area (TPSA) is 60.8 Å². The van der Waals surface area contributed by atoms with Crippen molar-refractivity contribution < 1.29 is 14.3 Å². The minimum absolute atomic E-state index is 0.156. The predicted octanol–water partition coefficient (Wildman–Crippen LogP) is 2.65. The fourth-order valence-electron chi connectivity index (χ4n) is 3.35. The first-order chi connectivity index (χ1) is 13.0. The van der Waals surface area contributed by atoms with Crippen LogP contribution in [0.2, 0.25) is 0 Å². The summed E-state index contributed by atoms with van der Waals surface area (Å²) in [6.07, 6.45) is 3.40. The highest BCUT2D eigenvalue weighted by Crippen LogP contribution is 2.27. The molecule has 0 spiro atoms. The Labute approximate surface area is 159 Å².